The van der Waals surface area contributed by atoms with E-state index >= 15 is 0 Å². The molecule has 0 aliphatic heterocycles. The number of esters is 1. The molecule has 0 aliphatic rings. The second-order valence-electron chi connectivity index (χ2n) is 5.06. The Morgan fingerprint density at radius 1 is 1.12 bits per heavy atom. The van der Waals surface area contributed by atoms with Crippen LogP contribution >= 0.6 is 15.9 Å². The molecular formula is C17H15BrN2O5. The lowest BCUT2D eigenvalue weighted by atomic mass is 10.2. The van der Waals surface area contributed by atoms with Gasteiger partial charge in [0.05, 0.1) is 11.3 Å². The van der Waals surface area contributed by atoms with Gasteiger partial charge in [-0.2, -0.15) is 0 Å². The first-order chi connectivity index (χ1) is 12.0. The van der Waals surface area contributed by atoms with Gasteiger partial charge in [0.15, 0.2) is 0 Å². The predicted octanol–water partition coefficient (Wildman–Crippen LogP) is 3.22. The summed E-state index contributed by atoms with van der Waals surface area (Å²) in [5.41, 5.74) is 1.05. The molecule has 2 aromatic carbocycles. The van der Waals surface area contributed by atoms with Crippen LogP contribution in [0, 0.1) is 10.1 Å². The van der Waals surface area contributed by atoms with Crippen molar-refractivity contribution in [3.63, 3.8) is 0 Å². The van der Waals surface area contributed by atoms with Crippen molar-refractivity contribution in [1.29, 1.82) is 0 Å². The van der Waals surface area contributed by atoms with Crippen LogP contribution in [0.2, 0.25) is 0 Å². The zero-order valence-electron chi connectivity index (χ0n) is 13.1. The molecule has 2 aromatic rings. The molecule has 0 spiro atoms. The molecule has 0 unspecified atom stereocenters. The average molecular weight is 407 g/mol. The average Bonchev–Trinajstić information content (AvgIpc) is 2.61. The summed E-state index contributed by atoms with van der Waals surface area (Å²) in [6.07, 6.45) is 0.0309. The van der Waals surface area contributed by atoms with E-state index in [0.717, 1.165) is 10.0 Å². The van der Waals surface area contributed by atoms with Gasteiger partial charge in [-0.15, -0.1) is 0 Å². The lowest BCUT2D eigenvalue weighted by Gasteiger charge is -2.07. The van der Waals surface area contributed by atoms with E-state index in [4.69, 9.17) is 4.74 Å². The van der Waals surface area contributed by atoms with Gasteiger partial charge < -0.3 is 10.1 Å². The molecule has 0 aliphatic carbocycles. The summed E-state index contributed by atoms with van der Waals surface area (Å²) >= 11 is 3.37. The number of amides is 1. The topological polar surface area (TPSA) is 98.5 Å². The van der Waals surface area contributed by atoms with Gasteiger partial charge in [-0.25, -0.2) is 0 Å². The van der Waals surface area contributed by atoms with Crippen LogP contribution in [0.3, 0.4) is 0 Å². The van der Waals surface area contributed by atoms with E-state index in [1.165, 1.54) is 24.3 Å². The number of hydrogen-bond donors (Lipinski definition) is 1. The number of nitrogens with zero attached hydrogens (tertiary/aromatic N) is 1. The molecule has 1 amide bonds. The minimum absolute atomic E-state index is 0.0309. The van der Waals surface area contributed by atoms with Crippen LogP contribution in [-0.4, -0.2) is 23.3 Å². The molecule has 0 heterocycles. The summed E-state index contributed by atoms with van der Waals surface area (Å²) in [6.45, 7) is 0.265. The highest BCUT2D eigenvalue weighted by molar-refractivity contribution is 9.10. The number of halogens is 1. The number of non-ortho nitro benzene ring substituents is 1. The molecule has 0 radical (unpaired) electrons. The predicted molar refractivity (Wildman–Crippen MR) is 94.0 cm³/mol. The highest BCUT2D eigenvalue weighted by atomic mass is 79.9. The Bertz CT molecular complexity index is 777. The molecule has 2 rings (SSSR count). The van der Waals surface area contributed by atoms with Gasteiger partial charge >= 0.3 is 5.97 Å². The number of carbonyl (C=O) groups excluding carboxylic acids is 2. The molecule has 7 nitrogen and oxygen atoms in total. The highest BCUT2D eigenvalue weighted by Gasteiger charge is 2.10. The van der Waals surface area contributed by atoms with Crippen molar-refractivity contribution < 1.29 is 19.2 Å². The van der Waals surface area contributed by atoms with E-state index in [1.54, 1.807) is 0 Å². The minimum Gasteiger partial charge on any atom is -0.461 e. The second-order valence-corrected chi connectivity index (χ2v) is 5.92. The SMILES string of the molecule is O=C(CCNC(=O)c1ccc([N+](=O)[O-])cc1)OCc1ccccc1Br. The van der Waals surface area contributed by atoms with Gasteiger partial charge in [-0.1, -0.05) is 34.1 Å². The Kier molecular flexibility index (Phi) is 6.64. The molecule has 1 N–H and O–H groups in total. The van der Waals surface area contributed by atoms with Crippen molar-refractivity contribution in [3.05, 3.63) is 74.2 Å². The Balaban J connectivity index is 1.74. The Morgan fingerprint density at radius 3 is 2.44 bits per heavy atom. The molecule has 0 saturated carbocycles. The first-order valence-corrected chi connectivity index (χ1v) is 8.18. The number of hydrogen-bond acceptors (Lipinski definition) is 5. The van der Waals surface area contributed by atoms with E-state index < -0.39 is 16.8 Å². The van der Waals surface area contributed by atoms with Crippen LogP contribution < -0.4 is 5.32 Å². The fourth-order valence-electron chi connectivity index (χ4n) is 1.96. The van der Waals surface area contributed by atoms with Crippen LogP contribution in [0.15, 0.2) is 53.0 Å². The molecule has 8 heteroatoms. The van der Waals surface area contributed by atoms with Crippen LogP contribution in [0.25, 0.3) is 0 Å². The highest BCUT2D eigenvalue weighted by Crippen LogP contribution is 2.16. The van der Waals surface area contributed by atoms with Crippen LogP contribution in [-0.2, 0) is 16.1 Å². The van der Waals surface area contributed by atoms with Crippen molar-refractivity contribution in [3.8, 4) is 0 Å². The number of nitro benzene ring substituents is 1. The second kappa shape index (κ2) is 8.93. The molecule has 0 fully saturated rings. The van der Waals surface area contributed by atoms with E-state index in [1.807, 2.05) is 24.3 Å². The Morgan fingerprint density at radius 2 is 1.80 bits per heavy atom. The fourth-order valence-corrected chi connectivity index (χ4v) is 2.36. The Labute approximate surface area is 152 Å². The molecule has 0 aromatic heterocycles. The van der Waals surface area contributed by atoms with Gasteiger partial charge in [-0.05, 0) is 18.2 Å². The normalized spacial score (nSPS) is 10.1. The molecule has 0 bridgehead atoms. The standard InChI is InChI=1S/C17H15BrN2O5/c18-15-4-2-1-3-13(15)11-25-16(21)9-10-19-17(22)12-5-7-14(8-6-12)20(23)24/h1-8H,9-11H2,(H,19,22). The van der Waals surface area contributed by atoms with Gasteiger partial charge in [0.2, 0.25) is 0 Å². The minimum atomic E-state index is -0.539. The molecule has 0 atom stereocenters. The first-order valence-electron chi connectivity index (χ1n) is 7.39. The number of nitrogens with one attached hydrogen (secondary N) is 1. The smallest absolute Gasteiger partial charge is 0.307 e. The van der Waals surface area contributed by atoms with Gasteiger partial charge in [0, 0.05) is 34.3 Å². The maximum Gasteiger partial charge on any atom is 0.307 e. The number of benzene rings is 2. The first kappa shape index (κ1) is 18.6. The van der Waals surface area contributed by atoms with Crippen molar-refractivity contribution in [1.82, 2.24) is 5.32 Å². The van der Waals surface area contributed by atoms with E-state index in [2.05, 4.69) is 21.2 Å². The van der Waals surface area contributed by atoms with Crippen LogP contribution in [0.4, 0.5) is 5.69 Å². The summed E-state index contributed by atoms with van der Waals surface area (Å²) in [5, 5.41) is 13.1. The van der Waals surface area contributed by atoms with Gasteiger partial charge in [0.1, 0.15) is 6.61 Å². The lowest BCUT2D eigenvalue weighted by molar-refractivity contribution is -0.384. The number of carbonyl (C=O) groups is 2. The quantitative estimate of drug-likeness (QED) is 0.432. The summed E-state index contributed by atoms with van der Waals surface area (Å²) in [4.78, 5) is 33.6. The van der Waals surface area contributed by atoms with Gasteiger partial charge in [0.25, 0.3) is 11.6 Å². The molecule has 130 valence electrons. The number of ether oxygens (including phenoxy) is 1. The van der Waals surface area contributed by atoms with Crippen molar-refractivity contribution in [2.75, 3.05) is 6.54 Å². The lowest BCUT2D eigenvalue weighted by Crippen LogP contribution is -2.26. The zero-order chi connectivity index (χ0) is 18.2. The summed E-state index contributed by atoms with van der Waals surface area (Å²) in [7, 11) is 0. The van der Waals surface area contributed by atoms with E-state index in [0.29, 0.717) is 0 Å². The summed E-state index contributed by atoms with van der Waals surface area (Å²) in [6, 6.07) is 12.6. The van der Waals surface area contributed by atoms with Crippen molar-refractivity contribution in [2.24, 2.45) is 0 Å². The fraction of sp³-hybridized carbons (Fsp3) is 0.176. The summed E-state index contributed by atoms with van der Waals surface area (Å²) < 4.78 is 6.00. The number of nitro groups is 1. The van der Waals surface area contributed by atoms with Gasteiger partial charge in [-0.3, -0.25) is 19.7 Å². The summed E-state index contributed by atoms with van der Waals surface area (Å²) in [5.74, 6) is -0.840. The third-order valence-corrected chi connectivity index (χ3v) is 4.08. The van der Waals surface area contributed by atoms with E-state index in [9.17, 15) is 19.7 Å². The maximum absolute atomic E-state index is 11.9. The molecular weight excluding hydrogens is 392 g/mol. The third-order valence-electron chi connectivity index (χ3n) is 3.30. The Hall–Kier alpha value is -2.74. The van der Waals surface area contributed by atoms with Crippen LogP contribution in [0.5, 0.6) is 0 Å². The third kappa shape index (κ3) is 5.68. The largest absolute Gasteiger partial charge is 0.461 e. The van der Waals surface area contributed by atoms with Crippen molar-refractivity contribution in [2.45, 2.75) is 13.0 Å². The van der Waals surface area contributed by atoms with Crippen molar-refractivity contribution >= 4 is 33.5 Å². The zero-order valence-corrected chi connectivity index (χ0v) is 14.7. The maximum atomic E-state index is 11.9. The monoisotopic (exact) mass is 406 g/mol. The van der Waals surface area contributed by atoms with Crippen LogP contribution in [0.1, 0.15) is 22.3 Å². The number of rotatable bonds is 7. The van der Waals surface area contributed by atoms with E-state index in [-0.39, 0.29) is 30.8 Å². The molecule has 25 heavy (non-hydrogen) atoms. The molecule has 0 saturated heterocycles.